The molecule has 1 aliphatic carbocycles. The van der Waals surface area contributed by atoms with Gasteiger partial charge in [0.05, 0.1) is 27.8 Å². The van der Waals surface area contributed by atoms with Crippen LogP contribution < -0.4 is 4.90 Å². The Kier molecular flexibility index (Phi) is 7.36. The first-order valence-corrected chi connectivity index (χ1v) is 21.6. The largest absolute Gasteiger partial charge is 0.317 e. The van der Waals surface area contributed by atoms with E-state index in [0.717, 1.165) is 17.1 Å². The van der Waals surface area contributed by atoms with Crippen LogP contribution in [-0.4, -0.2) is 9.13 Å². The summed E-state index contributed by atoms with van der Waals surface area (Å²) in [6.45, 7) is 4.68. The van der Waals surface area contributed by atoms with Gasteiger partial charge in [-0.1, -0.05) is 147 Å². The lowest BCUT2D eigenvalue weighted by atomic mass is 9.75. The minimum Gasteiger partial charge on any atom is -0.317 e. The van der Waals surface area contributed by atoms with Crippen molar-refractivity contribution in [3.63, 3.8) is 0 Å². The number of hydrogen-bond acceptors (Lipinski definition) is 1. The molecule has 0 amide bonds. The Hall–Kier alpha value is -7.88. The van der Waals surface area contributed by atoms with Crippen LogP contribution in [0.4, 0.5) is 11.4 Å². The molecule has 0 fully saturated rings. The molecule has 0 saturated heterocycles. The molecule has 3 nitrogen and oxygen atoms in total. The Morgan fingerprint density at radius 1 is 0.323 bits per heavy atom. The van der Waals surface area contributed by atoms with E-state index in [2.05, 4.69) is 240 Å². The Balaban J connectivity index is 1.14. The monoisotopic (exact) mass is 791 g/mol. The highest BCUT2D eigenvalue weighted by Crippen LogP contribution is 2.53. The quantitative estimate of drug-likeness (QED) is 0.174. The molecule has 62 heavy (non-hydrogen) atoms. The molecule has 0 N–H and O–H groups in total. The molecule has 9 aromatic carbocycles. The molecule has 0 atom stereocenters. The summed E-state index contributed by atoms with van der Waals surface area (Å²) in [5, 5.41) is 5.04. The second-order valence-corrected chi connectivity index (χ2v) is 17.4. The average molecular weight is 792 g/mol. The summed E-state index contributed by atoms with van der Waals surface area (Å²) < 4.78 is 4.89. The van der Waals surface area contributed by atoms with E-state index in [1.54, 1.807) is 0 Å². The number of fused-ring (bicyclic) bond motifs is 15. The van der Waals surface area contributed by atoms with Crippen molar-refractivity contribution in [3.05, 3.63) is 218 Å². The number of aromatic nitrogens is 2. The van der Waals surface area contributed by atoms with Crippen LogP contribution in [0, 0.1) is 0 Å². The summed E-state index contributed by atoms with van der Waals surface area (Å²) in [4.78, 5) is 2.37. The van der Waals surface area contributed by atoms with Crippen LogP contribution in [0.15, 0.2) is 212 Å². The SMILES string of the molecule is CC1(C)C=CN(c2ccccc2)c2cc3c(cc21)-c1ccccc1-c1cc(-n2c4ccccc4c4ccccc42)ccc1-c1ccc(-n2c4ccccc4c4ccccc42)cc1-3. The lowest BCUT2D eigenvalue weighted by Gasteiger charge is -2.37. The molecule has 3 heteroatoms. The molecule has 2 aliphatic rings. The van der Waals surface area contributed by atoms with Crippen LogP contribution in [0.3, 0.4) is 0 Å². The van der Waals surface area contributed by atoms with Crippen LogP contribution in [0.1, 0.15) is 19.4 Å². The van der Waals surface area contributed by atoms with E-state index in [9.17, 15) is 0 Å². The van der Waals surface area contributed by atoms with E-state index in [-0.39, 0.29) is 5.41 Å². The number of hydrogen-bond donors (Lipinski definition) is 0. The van der Waals surface area contributed by atoms with E-state index in [1.807, 2.05) is 0 Å². The molecule has 3 heterocycles. The Labute approximate surface area is 360 Å². The van der Waals surface area contributed by atoms with E-state index in [0.29, 0.717) is 0 Å². The number of rotatable bonds is 3. The maximum atomic E-state index is 2.50. The number of anilines is 2. The summed E-state index contributed by atoms with van der Waals surface area (Å²) in [5.74, 6) is 0. The second-order valence-electron chi connectivity index (χ2n) is 17.4. The normalized spacial score (nSPS) is 13.7. The summed E-state index contributed by atoms with van der Waals surface area (Å²) in [6.07, 6.45) is 4.62. The fourth-order valence-corrected chi connectivity index (χ4v) is 10.6. The molecule has 292 valence electrons. The Bertz CT molecular complexity index is 3570. The minimum atomic E-state index is -0.192. The average Bonchev–Trinajstić information content (AvgIpc) is 3.84. The lowest BCUT2D eigenvalue weighted by Crippen LogP contribution is -2.25. The predicted octanol–water partition coefficient (Wildman–Crippen LogP) is 15.8. The maximum absolute atomic E-state index is 2.50. The van der Waals surface area contributed by atoms with Gasteiger partial charge in [-0.25, -0.2) is 0 Å². The molecular weight excluding hydrogens is 751 g/mol. The highest BCUT2D eigenvalue weighted by molar-refractivity contribution is 6.11. The third-order valence-electron chi connectivity index (χ3n) is 13.5. The summed E-state index contributed by atoms with van der Waals surface area (Å²) in [6, 6.07) is 74.3. The van der Waals surface area contributed by atoms with E-state index in [1.165, 1.54) is 99.4 Å². The molecule has 2 aromatic heterocycles. The minimum absolute atomic E-state index is 0.192. The number of allylic oxidation sites excluding steroid dienone is 1. The fourth-order valence-electron chi connectivity index (χ4n) is 10.6. The maximum Gasteiger partial charge on any atom is 0.0541 e. The third kappa shape index (κ3) is 5.00. The summed E-state index contributed by atoms with van der Waals surface area (Å²) in [7, 11) is 0. The van der Waals surface area contributed by atoms with Gasteiger partial charge in [-0.15, -0.1) is 0 Å². The van der Waals surface area contributed by atoms with Crippen molar-refractivity contribution in [3.8, 4) is 55.9 Å². The van der Waals surface area contributed by atoms with Crippen LogP contribution >= 0.6 is 0 Å². The highest BCUT2D eigenvalue weighted by atomic mass is 15.1. The van der Waals surface area contributed by atoms with E-state index < -0.39 is 0 Å². The van der Waals surface area contributed by atoms with Gasteiger partial charge in [-0.2, -0.15) is 0 Å². The van der Waals surface area contributed by atoms with Gasteiger partial charge in [0.1, 0.15) is 0 Å². The zero-order valence-corrected chi connectivity index (χ0v) is 34.5. The molecule has 0 radical (unpaired) electrons. The Morgan fingerprint density at radius 2 is 0.710 bits per heavy atom. The van der Waals surface area contributed by atoms with Gasteiger partial charge in [0.15, 0.2) is 0 Å². The standard InChI is InChI=1S/C59H41N3/c1-59(2)32-33-60(38-16-4-3-5-17-38)58-37-52-50-35-40(62-56-26-14-10-22-47(56)48-23-11-15-27-57(48)62)29-31-44(50)43-30-28-39(34-49(43)41-18-6-7-19-42(41)51(52)36-53(58)59)61-54-24-12-8-20-45(54)46-21-9-13-25-55(46)61/h3-37H,1-2H3. The molecule has 0 saturated carbocycles. The van der Waals surface area contributed by atoms with Crippen molar-refractivity contribution < 1.29 is 0 Å². The van der Waals surface area contributed by atoms with E-state index in [4.69, 9.17) is 0 Å². The van der Waals surface area contributed by atoms with Crippen LogP contribution in [0.2, 0.25) is 0 Å². The smallest absolute Gasteiger partial charge is 0.0541 e. The van der Waals surface area contributed by atoms with Gasteiger partial charge in [0.2, 0.25) is 0 Å². The van der Waals surface area contributed by atoms with Gasteiger partial charge in [-0.3, -0.25) is 0 Å². The molecule has 0 bridgehead atoms. The summed E-state index contributed by atoms with van der Waals surface area (Å²) >= 11 is 0. The van der Waals surface area contributed by atoms with Crippen molar-refractivity contribution in [1.82, 2.24) is 9.13 Å². The molecule has 1 aliphatic heterocycles. The predicted molar refractivity (Wildman–Crippen MR) is 261 cm³/mol. The molecule has 0 spiro atoms. The second kappa shape index (κ2) is 13.1. The molecular formula is C59H41N3. The van der Waals surface area contributed by atoms with Crippen molar-refractivity contribution in [2.75, 3.05) is 4.90 Å². The van der Waals surface area contributed by atoms with Crippen molar-refractivity contribution in [2.24, 2.45) is 0 Å². The van der Waals surface area contributed by atoms with Gasteiger partial charge < -0.3 is 14.0 Å². The fraction of sp³-hybridized carbons (Fsp3) is 0.0508. The molecule has 0 unspecified atom stereocenters. The van der Waals surface area contributed by atoms with Crippen molar-refractivity contribution in [2.45, 2.75) is 19.3 Å². The first-order valence-electron chi connectivity index (χ1n) is 21.6. The lowest BCUT2D eigenvalue weighted by molar-refractivity contribution is 0.659. The highest BCUT2D eigenvalue weighted by Gasteiger charge is 2.32. The first-order chi connectivity index (χ1) is 30.5. The van der Waals surface area contributed by atoms with Gasteiger partial charge in [0, 0.05) is 50.2 Å². The first kappa shape index (κ1) is 34.9. The third-order valence-corrected chi connectivity index (χ3v) is 13.5. The van der Waals surface area contributed by atoms with Crippen LogP contribution in [0.25, 0.3) is 99.5 Å². The Morgan fingerprint density at radius 3 is 1.21 bits per heavy atom. The van der Waals surface area contributed by atoms with Gasteiger partial charge in [-0.05, 0) is 123 Å². The molecule has 11 aromatic rings. The van der Waals surface area contributed by atoms with Crippen LogP contribution in [-0.2, 0) is 5.41 Å². The topological polar surface area (TPSA) is 13.1 Å². The van der Waals surface area contributed by atoms with Gasteiger partial charge in [0.25, 0.3) is 0 Å². The zero-order chi connectivity index (χ0) is 41.1. The van der Waals surface area contributed by atoms with Crippen LogP contribution in [0.5, 0.6) is 0 Å². The number of nitrogens with zero attached hydrogens (tertiary/aromatic N) is 3. The molecule has 13 rings (SSSR count). The number of benzene rings is 9. The zero-order valence-electron chi connectivity index (χ0n) is 34.5. The van der Waals surface area contributed by atoms with E-state index >= 15 is 0 Å². The summed E-state index contributed by atoms with van der Waals surface area (Å²) in [5.41, 5.74) is 20.4. The van der Waals surface area contributed by atoms with Gasteiger partial charge >= 0.3 is 0 Å². The van der Waals surface area contributed by atoms with Crippen molar-refractivity contribution in [1.29, 1.82) is 0 Å². The number of para-hydroxylation sites is 5. The van der Waals surface area contributed by atoms with Crippen molar-refractivity contribution >= 4 is 55.0 Å².